The minimum Gasteiger partial charge on any atom is -0.494 e. The van der Waals surface area contributed by atoms with E-state index in [9.17, 15) is 14.7 Å². The van der Waals surface area contributed by atoms with Crippen molar-refractivity contribution in [3.8, 4) is 17.2 Å². The van der Waals surface area contributed by atoms with E-state index < -0.39 is 11.8 Å². The lowest BCUT2D eigenvalue weighted by atomic mass is 9.84. The molecule has 1 aromatic heterocycles. The zero-order valence-corrected chi connectivity index (χ0v) is 25.3. The van der Waals surface area contributed by atoms with Gasteiger partial charge in [0.05, 0.1) is 44.5 Å². The second-order valence-corrected chi connectivity index (χ2v) is 11.4. The fraction of sp³-hybridized carbons (Fsp3) is 0.484. The number of piperazine rings is 1. The van der Waals surface area contributed by atoms with Crippen molar-refractivity contribution in [2.75, 3.05) is 63.7 Å². The standard InChI is InChI=1S/C31H41FN4O6/c1-7-41-24-15-20-16-36(30(33)26(20)27(32)29(24)42-8-2)17-23(37)19-13-21(31(3,4)5)28(40-6)22(14-19)35-11-9-34(10-12-35)18-25(38)39/h13-16H,7-12,17-18,33H2,1-6H3,(H,38,39). The lowest BCUT2D eigenvalue weighted by molar-refractivity contribution is -0.138. The highest BCUT2D eigenvalue weighted by atomic mass is 19.1. The van der Waals surface area contributed by atoms with Crippen molar-refractivity contribution in [2.24, 2.45) is 0 Å². The van der Waals surface area contributed by atoms with Crippen LogP contribution in [0.15, 0.2) is 24.4 Å². The summed E-state index contributed by atoms with van der Waals surface area (Å²) >= 11 is 0. The fourth-order valence-electron chi connectivity index (χ4n) is 5.41. The molecule has 0 radical (unpaired) electrons. The average molecular weight is 585 g/mol. The molecule has 10 nitrogen and oxygen atoms in total. The number of carboxylic acid groups (broad SMARTS) is 1. The van der Waals surface area contributed by atoms with Crippen molar-refractivity contribution >= 4 is 34.0 Å². The summed E-state index contributed by atoms with van der Waals surface area (Å²) in [7, 11) is 1.61. The van der Waals surface area contributed by atoms with E-state index in [-0.39, 0.29) is 53.6 Å². The van der Waals surface area contributed by atoms with Gasteiger partial charge in [0.2, 0.25) is 0 Å². The van der Waals surface area contributed by atoms with Crippen LogP contribution in [-0.4, -0.2) is 79.4 Å². The first-order valence-electron chi connectivity index (χ1n) is 14.2. The summed E-state index contributed by atoms with van der Waals surface area (Å²) in [6.07, 6.45) is 1.65. The number of aliphatic carboxylic acids is 1. The number of fused-ring (bicyclic) bond motifs is 1. The van der Waals surface area contributed by atoms with Gasteiger partial charge in [-0.3, -0.25) is 14.5 Å². The molecule has 1 aliphatic rings. The topological polar surface area (TPSA) is 119 Å². The molecule has 228 valence electrons. The van der Waals surface area contributed by atoms with E-state index in [0.29, 0.717) is 49.5 Å². The van der Waals surface area contributed by atoms with Gasteiger partial charge >= 0.3 is 5.97 Å². The van der Waals surface area contributed by atoms with Crippen LogP contribution in [0.25, 0.3) is 10.8 Å². The number of Topliss-reactive ketones (excluding diaryl/α,β-unsaturated/α-hetero) is 1. The minimum absolute atomic E-state index is 0.000642. The molecule has 0 saturated carbocycles. The van der Waals surface area contributed by atoms with Gasteiger partial charge in [0.1, 0.15) is 11.6 Å². The summed E-state index contributed by atoms with van der Waals surface area (Å²) < 4.78 is 34.1. The first-order chi connectivity index (χ1) is 19.9. The Balaban J connectivity index is 1.72. The second-order valence-electron chi connectivity index (χ2n) is 11.4. The van der Waals surface area contributed by atoms with Crippen molar-refractivity contribution in [2.45, 2.75) is 46.6 Å². The third-order valence-electron chi connectivity index (χ3n) is 7.46. The smallest absolute Gasteiger partial charge is 0.317 e. The normalized spacial score (nSPS) is 14.3. The maximum Gasteiger partial charge on any atom is 0.317 e. The van der Waals surface area contributed by atoms with E-state index in [0.717, 1.165) is 11.3 Å². The molecule has 2 aromatic carbocycles. The molecule has 0 amide bonds. The first-order valence-corrected chi connectivity index (χ1v) is 14.2. The van der Waals surface area contributed by atoms with Gasteiger partial charge in [-0.1, -0.05) is 20.8 Å². The van der Waals surface area contributed by atoms with E-state index in [2.05, 4.69) is 25.7 Å². The molecule has 3 aromatic rings. The van der Waals surface area contributed by atoms with Gasteiger partial charge in [0, 0.05) is 48.9 Å². The van der Waals surface area contributed by atoms with Crippen LogP contribution in [-0.2, 0) is 16.8 Å². The number of methoxy groups -OCH3 is 1. The Bertz CT molecular complexity index is 1470. The average Bonchev–Trinajstić information content (AvgIpc) is 3.24. The Labute approximate surface area is 245 Å². The number of nitrogen functional groups attached to an aromatic ring is 1. The van der Waals surface area contributed by atoms with Crippen molar-refractivity contribution in [3.05, 3.63) is 41.3 Å². The quantitative estimate of drug-likeness (QED) is 0.313. The summed E-state index contributed by atoms with van der Waals surface area (Å²) in [4.78, 5) is 29.0. The van der Waals surface area contributed by atoms with Crippen LogP contribution in [0.4, 0.5) is 15.9 Å². The summed E-state index contributed by atoms with van der Waals surface area (Å²) in [5, 5.41) is 9.86. The number of hydrogen-bond acceptors (Lipinski definition) is 8. The molecular weight excluding hydrogens is 543 g/mol. The molecule has 2 heterocycles. The van der Waals surface area contributed by atoms with E-state index in [1.807, 2.05) is 17.0 Å². The Hall–Kier alpha value is -3.99. The minimum atomic E-state index is -0.858. The number of nitrogens with zero attached hydrogens (tertiary/aromatic N) is 3. The number of anilines is 2. The SMILES string of the molecule is CCOc1cc2cn(CC(=O)c3cc(N4CCN(CC(=O)O)CC4)c(OC)c(C(C)(C)C)c3)c(N)c2c(F)c1OCC. The number of carbonyl (C=O) groups is 2. The Morgan fingerprint density at radius 2 is 1.67 bits per heavy atom. The highest BCUT2D eigenvalue weighted by Gasteiger charge is 2.29. The predicted molar refractivity (Wildman–Crippen MR) is 161 cm³/mol. The lowest BCUT2D eigenvalue weighted by Crippen LogP contribution is -2.48. The second kappa shape index (κ2) is 12.5. The fourth-order valence-corrected chi connectivity index (χ4v) is 5.41. The highest BCUT2D eigenvalue weighted by molar-refractivity contribution is 6.00. The number of aromatic nitrogens is 1. The molecule has 0 spiro atoms. The van der Waals surface area contributed by atoms with Crippen LogP contribution in [0.2, 0.25) is 0 Å². The summed E-state index contributed by atoms with van der Waals surface area (Å²) in [5.41, 5.74) is 8.19. The van der Waals surface area contributed by atoms with Gasteiger partial charge in [-0.05, 0) is 37.5 Å². The Morgan fingerprint density at radius 1 is 1.00 bits per heavy atom. The lowest BCUT2D eigenvalue weighted by Gasteiger charge is -2.37. The number of carboxylic acids is 1. The highest BCUT2D eigenvalue weighted by Crippen LogP contribution is 2.42. The number of hydrogen-bond donors (Lipinski definition) is 2. The van der Waals surface area contributed by atoms with Crippen LogP contribution in [0, 0.1) is 5.82 Å². The van der Waals surface area contributed by atoms with E-state index in [1.54, 1.807) is 37.8 Å². The van der Waals surface area contributed by atoms with Gasteiger partial charge in [-0.25, -0.2) is 4.39 Å². The third kappa shape index (κ3) is 6.25. The van der Waals surface area contributed by atoms with Crippen LogP contribution in [0.1, 0.15) is 50.5 Å². The van der Waals surface area contributed by atoms with Gasteiger partial charge in [0.15, 0.2) is 23.1 Å². The molecule has 4 rings (SSSR count). The molecule has 0 atom stereocenters. The van der Waals surface area contributed by atoms with E-state index >= 15 is 4.39 Å². The Morgan fingerprint density at radius 3 is 2.24 bits per heavy atom. The molecule has 3 N–H and O–H groups in total. The molecule has 1 aliphatic heterocycles. The molecule has 42 heavy (non-hydrogen) atoms. The zero-order valence-electron chi connectivity index (χ0n) is 25.3. The first kappa shape index (κ1) is 31.0. The Kier molecular flexibility index (Phi) is 9.20. The molecular formula is C31H41FN4O6. The maximum absolute atomic E-state index is 15.6. The predicted octanol–water partition coefficient (Wildman–Crippen LogP) is 4.56. The molecule has 1 saturated heterocycles. The summed E-state index contributed by atoms with van der Waals surface area (Å²) in [6.45, 7) is 12.5. The van der Waals surface area contributed by atoms with Gasteiger partial charge in [-0.2, -0.15) is 0 Å². The van der Waals surface area contributed by atoms with Gasteiger partial charge in [-0.15, -0.1) is 0 Å². The maximum atomic E-state index is 15.6. The molecule has 11 heteroatoms. The number of ether oxygens (including phenoxy) is 3. The van der Waals surface area contributed by atoms with Crippen LogP contribution < -0.4 is 24.8 Å². The zero-order chi connectivity index (χ0) is 30.8. The van der Waals surface area contributed by atoms with E-state index in [4.69, 9.17) is 19.9 Å². The van der Waals surface area contributed by atoms with Crippen molar-refractivity contribution in [1.29, 1.82) is 0 Å². The van der Waals surface area contributed by atoms with Crippen molar-refractivity contribution in [3.63, 3.8) is 0 Å². The molecule has 0 aliphatic carbocycles. The molecule has 1 fully saturated rings. The molecule has 0 unspecified atom stereocenters. The van der Waals surface area contributed by atoms with Gasteiger partial charge < -0.3 is 34.5 Å². The van der Waals surface area contributed by atoms with Crippen molar-refractivity contribution < 1.29 is 33.3 Å². The summed E-state index contributed by atoms with van der Waals surface area (Å²) in [6, 6.07) is 5.35. The van der Waals surface area contributed by atoms with Crippen LogP contribution >= 0.6 is 0 Å². The summed E-state index contributed by atoms with van der Waals surface area (Å²) in [5.74, 6) is -0.581. The number of carbonyl (C=O) groups excluding carboxylic acids is 1. The number of benzene rings is 2. The third-order valence-corrected chi connectivity index (χ3v) is 7.46. The number of nitrogens with two attached hydrogens (primary N) is 1. The number of ketones is 1. The van der Waals surface area contributed by atoms with Crippen LogP contribution in [0.5, 0.6) is 17.2 Å². The monoisotopic (exact) mass is 584 g/mol. The van der Waals surface area contributed by atoms with Gasteiger partial charge in [0.25, 0.3) is 0 Å². The van der Waals surface area contributed by atoms with E-state index in [1.165, 1.54) is 0 Å². The molecule has 0 bridgehead atoms. The van der Waals surface area contributed by atoms with Crippen molar-refractivity contribution in [1.82, 2.24) is 9.47 Å². The number of halogens is 1. The largest absolute Gasteiger partial charge is 0.494 e. The number of rotatable bonds is 11. The van der Waals surface area contributed by atoms with Crippen LogP contribution in [0.3, 0.4) is 0 Å².